The van der Waals surface area contributed by atoms with Crippen molar-refractivity contribution in [2.24, 2.45) is 0 Å². The molecular formula is C23H23N7O2. The van der Waals surface area contributed by atoms with Crippen LogP contribution in [0.2, 0.25) is 0 Å². The Morgan fingerprint density at radius 3 is 2.59 bits per heavy atom. The number of methoxy groups -OCH3 is 1. The lowest BCUT2D eigenvalue weighted by Crippen LogP contribution is -2.56. The zero-order valence-corrected chi connectivity index (χ0v) is 18.0. The van der Waals surface area contributed by atoms with E-state index < -0.39 is 0 Å². The molecule has 3 aromatic heterocycles. The first kappa shape index (κ1) is 20.0. The summed E-state index contributed by atoms with van der Waals surface area (Å²) in [4.78, 5) is 26.5. The molecule has 9 nitrogen and oxygen atoms in total. The number of anilines is 1. The highest BCUT2D eigenvalue weighted by atomic mass is 16.5. The van der Waals surface area contributed by atoms with Crippen molar-refractivity contribution in [2.75, 3.05) is 25.1 Å². The van der Waals surface area contributed by atoms with Crippen molar-refractivity contribution in [1.29, 1.82) is 5.26 Å². The van der Waals surface area contributed by atoms with E-state index in [0.29, 0.717) is 41.7 Å². The predicted octanol–water partition coefficient (Wildman–Crippen LogP) is 2.34. The average Bonchev–Trinajstić information content (AvgIpc) is 3.34. The molecule has 5 rings (SSSR count). The van der Waals surface area contributed by atoms with Gasteiger partial charge in [-0.15, -0.1) is 0 Å². The van der Waals surface area contributed by atoms with Crippen LogP contribution < -0.4 is 9.64 Å². The largest absolute Gasteiger partial charge is 0.492 e. The smallest absolute Gasteiger partial charge is 0.272 e. The van der Waals surface area contributed by atoms with Gasteiger partial charge in [0.25, 0.3) is 5.91 Å². The second-order valence-electron chi connectivity index (χ2n) is 8.10. The SMILES string of the molecule is COc1c(C#N)ccnc1N1C2CCC1CN(C(=O)c1cc(C)nn1-c1ccccn1)C2. The Morgan fingerprint density at radius 2 is 1.94 bits per heavy atom. The molecule has 1 amide bonds. The average molecular weight is 429 g/mol. The van der Waals surface area contributed by atoms with Crippen LogP contribution in [0.5, 0.6) is 5.75 Å². The van der Waals surface area contributed by atoms with Gasteiger partial charge in [0.2, 0.25) is 0 Å². The lowest BCUT2D eigenvalue weighted by Gasteiger charge is -2.42. The van der Waals surface area contributed by atoms with Gasteiger partial charge in [-0.3, -0.25) is 4.79 Å². The maximum Gasteiger partial charge on any atom is 0.272 e. The fourth-order valence-electron chi connectivity index (χ4n) is 4.79. The highest BCUT2D eigenvalue weighted by Gasteiger charge is 2.44. The highest BCUT2D eigenvalue weighted by molar-refractivity contribution is 5.93. The van der Waals surface area contributed by atoms with Crippen LogP contribution in [0.25, 0.3) is 5.82 Å². The van der Waals surface area contributed by atoms with Crippen molar-refractivity contribution in [3.05, 3.63) is 59.7 Å². The van der Waals surface area contributed by atoms with E-state index >= 15 is 0 Å². The van der Waals surface area contributed by atoms with Crippen LogP contribution in [0.3, 0.4) is 0 Å². The van der Waals surface area contributed by atoms with E-state index in [1.54, 1.807) is 30.3 Å². The summed E-state index contributed by atoms with van der Waals surface area (Å²) in [6, 6.07) is 11.4. The zero-order valence-electron chi connectivity index (χ0n) is 18.0. The molecule has 0 N–H and O–H groups in total. The second-order valence-corrected chi connectivity index (χ2v) is 8.10. The summed E-state index contributed by atoms with van der Waals surface area (Å²) in [5.74, 6) is 1.74. The second kappa shape index (κ2) is 7.96. The maximum absolute atomic E-state index is 13.5. The molecular weight excluding hydrogens is 406 g/mol. The predicted molar refractivity (Wildman–Crippen MR) is 117 cm³/mol. The van der Waals surface area contributed by atoms with Gasteiger partial charge < -0.3 is 14.5 Å². The van der Waals surface area contributed by atoms with E-state index in [2.05, 4.69) is 26.0 Å². The van der Waals surface area contributed by atoms with E-state index in [9.17, 15) is 10.1 Å². The summed E-state index contributed by atoms with van der Waals surface area (Å²) < 4.78 is 7.15. The van der Waals surface area contributed by atoms with Gasteiger partial charge in [-0.05, 0) is 44.0 Å². The molecule has 2 atom stereocenters. The summed E-state index contributed by atoms with van der Waals surface area (Å²) in [5, 5.41) is 13.9. The summed E-state index contributed by atoms with van der Waals surface area (Å²) in [7, 11) is 1.56. The summed E-state index contributed by atoms with van der Waals surface area (Å²) in [6.07, 6.45) is 5.24. The number of aromatic nitrogens is 4. The van der Waals surface area contributed by atoms with Crippen molar-refractivity contribution in [3.8, 4) is 17.6 Å². The molecule has 32 heavy (non-hydrogen) atoms. The van der Waals surface area contributed by atoms with Gasteiger partial charge in [0.05, 0.1) is 18.4 Å². The van der Waals surface area contributed by atoms with Crippen molar-refractivity contribution in [3.63, 3.8) is 0 Å². The highest BCUT2D eigenvalue weighted by Crippen LogP contribution is 2.39. The van der Waals surface area contributed by atoms with Crippen LogP contribution in [0.4, 0.5) is 5.82 Å². The number of piperazine rings is 1. The van der Waals surface area contributed by atoms with Gasteiger partial charge in [-0.2, -0.15) is 10.4 Å². The van der Waals surface area contributed by atoms with E-state index in [1.165, 1.54) is 0 Å². The number of amides is 1. The van der Waals surface area contributed by atoms with Crippen LogP contribution in [0, 0.1) is 18.3 Å². The number of hydrogen-bond donors (Lipinski definition) is 0. The molecule has 0 radical (unpaired) electrons. The van der Waals surface area contributed by atoms with E-state index in [1.807, 2.05) is 36.1 Å². The number of nitriles is 1. The normalized spacial score (nSPS) is 19.7. The van der Waals surface area contributed by atoms with Crippen molar-refractivity contribution >= 4 is 11.7 Å². The van der Waals surface area contributed by atoms with Gasteiger partial charge >= 0.3 is 0 Å². The Labute approximate surface area is 185 Å². The first-order valence-corrected chi connectivity index (χ1v) is 10.6. The number of pyridine rings is 2. The minimum absolute atomic E-state index is 0.0569. The van der Waals surface area contributed by atoms with Gasteiger partial charge in [0.15, 0.2) is 17.4 Å². The molecule has 2 fully saturated rings. The number of fused-ring (bicyclic) bond motifs is 2. The summed E-state index contributed by atoms with van der Waals surface area (Å²) in [6.45, 7) is 3.02. The Hall–Kier alpha value is -3.93. The van der Waals surface area contributed by atoms with Crippen molar-refractivity contribution in [1.82, 2.24) is 24.6 Å². The maximum atomic E-state index is 13.5. The van der Waals surface area contributed by atoms with E-state index in [-0.39, 0.29) is 18.0 Å². The zero-order chi connectivity index (χ0) is 22.2. The molecule has 2 saturated heterocycles. The van der Waals surface area contributed by atoms with Crippen molar-refractivity contribution < 1.29 is 9.53 Å². The van der Waals surface area contributed by atoms with Crippen LogP contribution >= 0.6 is 0 Å². The molecule has 9 heteroatoms. The minimum atomic E-state index is -0.0569. The number of rotatable bonds is 4. The monoisotopic (exact) mass is 429 g/mol. The standard InChI is InChI=1S/C23H23N7O2/c1-15-11-19(30(27-15)20-5-3-4-9-25-20)23(31)28-13-17-6-7-18(14-28)29(17)22-21(32-2)16(12-24)8-10-26-22/h3-5,8-11,17-18H,6-7,13-14H2,1-2H3. The quantitative estimate of drug-likeness (QED) is 0.627. The number of ether oxygens (including phenoxy) is 1. The molecule has 2 bridgehead atoms. The molecule has 5 heterocycles. The third-order valence-electron chi connectivity index (χ3n) is 6.14. The number of likely N-dealkylation sites (tertiary alicyclic amines) is 1. The third-order valence-corrected chi connectivity index (χ3v) is 6.14. The first-order valence-electron chi connectivity index (χ1n) is 10.6. The molecule has 0 aliphatic carbocycles. The summed E-state index contributed by atoms with van der Waals surface area (Å²) in [5.41, 5.74) is 1.74. The molecule has 0 saturated carbocycles. The first-order chi connectivity index (χ1) is 15.6. The Bertz CT molecular complexity index is 1190. The Kier molecular flexibility index (Phi) is 4.98. The van der Waals surface area contributed by atoms with Crippen molar-refractivity contribution in [2.45, 2.75) is 31.8 Å². The van der Waals surface area contributed by atoms with Gasteiger partial charge in [-0.1, -0.05) is 6.07 Å². The van der Waals surface area contributed by atoms with E-state index in [4.69, 9.17) is 4.74 Å². The van der Waals surface area contributed by atoms with Crippen LogP contribution in [-0.4, -0.2) is 62.8 Å². The molecule has 2 aliphatic heterocycles. The molecule has 2 unspecified atom stereocenters. The molecule has 162 valence electrons. The van der Waals surface area contributed by atoms with Gasteiger partial charge in [-0.25, -0.2) is 14.6 Å². The number of carbonyl (C=O) groups is 1. The lowest BCUT2D eigenvalue weighted by molar-refractivity contribution is 0.0707. The fraction of sp³-hybridized carbons (Fsp3) is 0.348. The number of nitrogens with zero attached hydrogens (tertiary/aromatic N) is 7. The minimum Gasteiger partial charge on any atom is -0.492 e. The molecule has 0 spiro atoms. The lowest BCUT2D eigenvalue weighted by atomic mass is 10.1. The summed E-state index contributed by atoms with van der Waals surface area (Å²) >= 11 is 0. The fourth-order valence-corrected chi connectivity index (χ4v) is 4.79. The van der Waals surface area contributed by atoms with Gasteiger partial charge in [0, 0.05) is 37.6 Å². The number of hydrogen-bond acceptors (Lipinski definition) is 7. The van der Waals surface area contributed by atoms with Gasteiger partial charge in [0.1, 0.15) is 11.8 Å². The number of aryl methyl sites for hydroxylation is 1. The molecule has 3 aromatic rings. The molecule has 0 aromatic carbocycles. The number of carbonyl (C=O) groups excluding carboxylic acids is 1. The van der Waals surface area contributed by atoms with Crippen LogP contribution in [-0.2, 0) is 0 Å². The van der Waals surface area contributed by atoms with E-state index in [0.717, 1.165) is 18.5 Å². The van der Waals surface area contributed by atoms with Crippen LogP contribution in [0.1, 0.15) is 34.6 Å². The molecule has 2 aliphatic rings. The Balaban J connectivity index is 1.43. The Morgan fingerprint density at radius 1 is 1.16 bits per heavy atom. The third kappa shape index (κ3) is 3.24. The van der Waals surface area contributed by atoms with Crippen LogP contribution in [0.15, 0.2) is 42.7 Å². The topological polar surface area (TPSA) is 100 Å².